The highest BCUT2D eigenvalue weighted by Crippen LogP contribution is 2.53. The normalized spacial score (nSPS) is 16.8. The van der Waals surface area contributed by atoms with Crippen LogP contribution in [0.15, 0.2) is 24.3 Å². The van der Waals surface area contributed by atoms with E-state index in [1.807, 2.05) is 0 Å². The predicted molar refractivity (Wildman–Crippen MR) is 56.3 cm³/mol. The van der Waals surface area contributed by atoms with E-state index >= 15 is 0 Å². The van der Waals surface area contributed by atoms with Gasteiger partial charge in [-0.3, -0.25) is 14.9 Å². The largest absolute Gasteiger partial charge is 0.481 e. The number of aliphatic carboxylic acids is 1. The van der Waals surface area contributed by atoms with Gasteiger partial charge in [0.15, 0.2) is 0 Å². The summed E-state index contributed by atoms with van der Waals surface area (Å²) in [5.74, 6) is -0.907. The number of benzene rings is 1. The molecule has 5 heteroatoms. The maximum atomic E-state index is 10.8. The lowest BCUT2D eigenvalue weighted by Gasteiger charge is -2.12. The predicted octanol–water partition coefficient (Wildman–Crippen LogP) is 2.10. The van der Waals surface area contributed by atoms with Gasteiger partial charge in [-0.2, -0.15) is 0 Å². The summed E-state index contributed by atoms with van der Waals surface area (Å²) < 4.78 is 0. The Labute approximate surface area is 91.9 Å². The first-order valence-corrected chi connectivity index (χ1v) is 5.01. The first-order chi connectivity index (χ1) is 7.55. The molecule has 0 amide bonds. The number of hydrogen-bond donors (Lipinski definition) is 1. The van der Waals surface area contributed by atoms with Crippen molar-refractivity contribution in [2.45, 2.75) is 24.7 Å². The second kappa shape index (κ2) is 3.59. The van der Waals surface area contributed by atoms with Crippen molar-refractivity contribution < 1.29 is 14.8 Å². The zero-order chi connectivity index (χ0) is 11.8. The van der Waals surface area contributed by atoms with E-state index in [1.165, 1.54) is 6.07 Å². The summed E-state index contributed by atoms with van der Waals surface area (Å²) in [6.45, 7) is 0. The van der Waals surface area contributed by atoms with E-state index in [-0.39, 0.29) is 12.1 Å². The molecule has 0 saturated heterocycles. The molecule has 1 fully saturated rings. The molecule has 16 heavy (non-hydrogen) atoms. The van der Waals surface area contributed by atoms with Crippen LogP contribution in [0.1, 0.15) is 24.8 Å². The van der Waals surface area contributed by atoms with Crippen LogP contribution in [0.3, 0.4) is 0 Å². The van der Waals surface area contributed by atoms with Crippen LogP contribution >= 0.6 is 0 Å². The highest BCUT2D eigenvalue weighted by Gasteiger charge is 2.49. The molecule has 0 aliphatic heterocycles. The van der Waals surface area contributed by atoms with Gasteiger partial charge in [-0.25, -0.2) is 0 Å². The van der Waals surface area contributed by atoms with E-state index in [9.17, 15) is 14.9 Å². The number of para-hydroxylation sites is 1. The number of nitro groups is 1. The van der Waals surface area contributed by atoms with Gasteiger partial charge in [-0.15, -0.1) is 0 Å². The first kappa shape index (κ1) is 10.6. The van der Waals surface area contributed by atoms with Gasteiger partial charge in [0.05, 0.1) is 11.3 Å². The fourth-order valence-corrected chi connectivity index (χ4v) is 2.06. The van der Waals surface area contributed by atoms with Gasteiger partial charge in [-0.05, 0) is 12.8 Å². The molecule has 0 radical (unpaired) electrons. The number of carbonyl (C=O) groups is 1. The fraction of sp³-hybridized carbons (Fsp3) is 0.364. The lowest BCUT2D eigenvalue weighted by molar-refractivity contribution is -0.385. The molecule has 1 aromatic rings. The summed E-state index contributed by atoms with van der Waals surface area (Å²) in [7, 11) is 0. The standard InChI is InChI=1S/C11H11NO4/c13-10(14)7-11(5-6-11)8-3-1-2-4-9(8)12(15)16/h1-4H,5-7H2,(H,13,14). The minimum absolute atomic E-state index is 0.0289. The zero-order valence-corrected chi connectivity index (χ0v) is 8.55. The van der Waals surface area contributed by atoms with Crippen LogP contribution in [0.25, 0.3) is 0 Å². The number of rotatable bonds is 4. The van der Waals surface area contributed by atoms with Gasteiger partial charge in [0.1, 0.15) is 0 Å². The Morgan fingerprint density at radius 1 is 1.44 bits per heavy atom. The van der Waals surface area contributed by atoms with Gasteiger partial charge >= 0.3 is 5.97 Å². The van der Waals surface area contributed by atoms with Crippen LogP contribution < -0.4 is 0 Å². The molecule has 0 spiro atoms. The van der Waals surface area contributed by atoms with Crippen molar-refractivity contribution in [1.29, 1.82) is 0 Å². The summed E-state index contributed by atoms with van der Waals surface area (Å²) in [4.78, 5) is 21.1. The van der Waals surface area contributed by atoms with Crippen molar-refractivity contribution in [3.05, 3.63) is 39.9 Å². The molecule has 0 bridgehead atoms. The summed E-state index contributed by atoms with van der Waals surface area (Å²) in [5.41, 5.74) is 0.0822. The zero-order valence-electron chi connectivity index (χ0n) is 8.55. The Morgan fingerprint density at radius 3 is 2.56 bits per heavy atom. The molecule has 84 valence electrons. The number of hydrogen-bond acceptors (Lipinski definition) is 3. The van der Waals surface area contributed by atoms with Gasteiger partial charge in [0.2, 0.25) is 0 Å². The molecule has 1 aromatic carbocycles. The van der Waals surface area contributed by atoms with Crippen molar-refractivity contribution in [2.24, 2.45) is 0 Å². The van der Waals surface area contributed by atoms with E-state index in [2.05, 4.69) is 0 Å². The lowest BCUT2D eigenvalue weighted by atomic mass is 9.91. The van der Waals surface area contributed by atoms with Gasteiger partial charge in [-0.1, -0.05) is 18.2 Å². The Hall–Kier alpha value is -1.91. The molecule has 1 aliphatic carbocycles. The first-order valence-electron chi connectivity index (χ1n) is 5.01. The number of nitrogens with zero attached hydrogens (tertiary/aromatic N) is 1. The highest BCUT2D eigenvalue weighted by molar-refractivity contribution is 5.71. The summed E-state index contributed by atoms with van der Waals surface area (Å²) in [6, 6.07) is 6.40. The Balaban J connectivity index is 2.40. The average Bonchev–Trinajstić information content (AvgIpc) is 2.98. The molecule has 0 unspecified atom stereocenters. The second-order valence-corrected chi connectivity index (χ2v) is 4.13. The van der Waals surface area contributed by atoms with Crippen molar-refractivity contribution in [1.82, 2.24) is 0 Å². The molecule has 0 aromatic heterocycles. The lowest BCUT2D eigenvalue weighted by Crippen LogP contribution is -2.14. The van der Waals surface area contributed by atoms with Gasteiger partial charge in [0, 0.05) is 17.0 Å². The number of carboxylic acids is 1. The minimum atomic E-state index is -0.907. The van der Waals surface area contributed by atoms with Crippen molar-refractivity contribution in [3.8, 4) is 0 Å². The Kier molecular flexibility index (Phi) is 2.38. The molecule has 1 N–H and O–H groups in total. The average molecular weight is 221 g/mol. The van der Waals surface area contributed by atoms with Crippen LogP contribution in [0.4, 0.5) is 5.69 Å². The van der Waals surface area contributed by atoms with Crippen LogP contribution in [-0.4, -0.2) is 16.0 Å². The topological polar surface area (TPSA) is 80.4 Å². The van der Waals surface area contributed by atoms with E-state index < -0.39 is 16.3 Å². The number of nitro benzene ring substituents is 1. The van der Waals surface area contributed by atoms with E-state index in [0.29, 0.717) is 18.4 Å². The molecule has 1 saturated carbocycles. The van der Waals surface area contributed by atoms with Gasteiger partial charge < -0.3 is 5.11 Å². The third-order valence-electron chi connectivity index (χ3n) is 3.02. The summed E-state index contributed by atoms with van der Waals surface area (Å²) >= 11 is 0. The molecule has 0 atom stereocenters. The van der Waals surface area contributed by atoms with E-state index in [1.54, 1.807) is 18.2 Å². The molecular weight excluding hydrogens is 210 g/mol. The van der Waals surface area contributed by atoms with E-state index in [4.69, 9.17) is 5.11 Å². The molecular formula is C11H11NO4. The summed E-state index contributed by atoms with van der Waals surface area (Å²) in [5, 5.41) is 19.7. The monoisotopic (exact) mass is 221 g/mol. The van der Waals surface area contributed by atoms with Crippen molar-refractivity contribution in [2.75, 3.05) is 0 Å². The van der Waals surface area contributed by atoms with E-state index in [0.717, 1.165) is 0 Å². The Bertz CT molecular complexity index is 451. The minimum Gasteiger partial charge on any atom is -0.481 e. The molecule has 5 nitrogen and oxygen atoms in total. The summed E-state index contributed by atoms with van der Waals surface area (Å²) in [6.07, 6.45) is 1.39. The molecule has 1 aliphatic rings. The Morgan fingerprint density at radius 2 is 2.06 bits per heavy atom. The van der Waals surface area contributed by atoms with Crippen LogP contribution in [0.2, 0.25) is 0 Å². The van der Waals surface area contributed by atoms with Crippen LogP contribution in [-0.2, 0) is 10.2 Å². The van der Waals surface area contributed by atoms with Crippen molar-refractivity contribution >= 4 is 11.7 Å². The molecule has 2 rings (SSSR count). The number of carboxylic acid groups (broad SMARTS) is 1. The highest BCUT2D eigenvalue weighted by atomic mass is 16.6. The van der Waals surface area contributed by atoms with Gasteiger partial charge in [0.25, 0.3) is 5.69 Å². The molecule has 0 heterocycles. The maximum absolute atomic E-state index is 10.8. The quantitative estimate of drug-likeness (QED) is 0.623. The second-order valence-electron chi connectivity index (χ2n) is 4.13. The fourth-order valence-electron chi connectivity index (χ4n) is 2.06. The SMILES string of the molecule is O=C(O)CC1(c2ccccc2[N+](=O)[O-])CC1. The third-order valence-corrected chi connectivity index (χ3v) is 3.02. The third kappa shape index (κ3) is 1.76. The maximum Gasteiger partial charge on any atom is 0.304 e. The van der Waals surface area contributed by atoms with Crippen LogP contribution in [0.5, 0.6) is 0 Å². The van der Waals surface area contributed by atoms with Crippen molar-refractivity contribution in [3.63, 3.8) is 0 Å². The smallest absolute Gasteiger partial charge is 0.304 e. The van der Waals surface area contributed by atoms with Crippen LogP contribution in [0, 0.1) is 10.1 Å².